The minimum absolute atomic E-state index is 0.630. The topological polar surface area (TPSA) is 26.0 Å². The molecule has 0 saturated carbocycles. The molecule has 1 nitrogen and oxygen atoms in total. The zero-order valence-electron chi connectivity index (χ0n) is 9.16. The molecule has 78 valence electrons. The molecular weight excluding hydrogens is 198 g/mol. The van der Waals surface area contributed by atoms with Gasteiger partial charge in [0.15, 0.2) is 0 Å². The van der Waals surface area contributed by atoms with E-state index < -0.39 is 0 Å². The molecule has 0 bridgehead atoms. The van der Waals surface area contributed by atoms with E-state index in [0.717, 1.165) is 6.42 Å². The summed E-state index contributed by atoms with van der Waals surface area (Å²) in [6, 6.07) is 9.91. The predicted molar refractivity (Wildman–Crippen MR) is 69.8 cm³/mol. The van der Waals surface area contributed by atoms with Gasteiger partial charge in [0.25, 0.3) is 0 Å². The van der Waals surface area contributed by atoms with Crippen molar-refractivity contribution in [2.24, 2.45) is 5.73 Å². The van der Waals surface area contributed by atoms with E-state index in [1.807, 2.05) is 0 Å². The number of allylic oxidation sites excluding steroid dienone is 4. The third-order valence-corrected chi connectivity index (χ3v) is 3.71. The van der Waals surface area contributed by atoms with Crippen LogP contribution in [0.2, 0.25) is 6.04 Å². The van der Waals surface area contributed by atoms with E-state index in [0.29, 0.717) is 6.54 Å². The van der Waals surface area contributed by atoms with E-state index in [9.17, 15) is 0 Å². The Balaban J connectivity index is 2.30. The SMILES string of the molecule is NCc1ccc(C2=C(C[SiH3])C=CC2)cc1. The van der Waals surface area contributed by atoms with Crippen molar-refractivity contribution in [3.05, 3.63) is 53.1 Å². The lowest BCUT2D eigenvalue weighted by Gasteiger charge is -2.06. The summed E-state index contributed by atoms with van der Waals surface area (Å²) in [6.45, 7) is 0.630. The quantitative estimate of drug-likeness (QED) is 0.762. The van der Waals surface area contributed by atoms with Crippen molar-refractivity contribution in [2.45, 2.75) is 19.0 Å². The van der Waals surface area contributed by atoms with Gasteiger partial charge in [0.05, 0.1) is 0 Å². The highest BCUT2D eigenvalue weighted by atomic mass is 28.1. The van der Waals surface area contributed by atoms with Crippen LogP contribution in [0.15, 0.2) is 42.0 Å². The number of hydrogen-bond acceptors (Lipinski definition) is 1. The lowest BCUT2D eigenvalue weighted by atomic mass is 10.0. The fraction of sp³-hybridized carbons (Fsp3) is 0.231. The highest BCUT2D eigenvalue weighted by Crippen LogP contribution is 2.30. The van der Waals surface area contributed by atoms with Crippen molar-refractivity contribution >= 4 is 15.8 Å². The summed E-state index contributed by atoms with van der Waals surface area (Å²) in [5.41, 5.74) is 11.2. The van der Waals surface area contributed by atoms with Gasteiger partial charge in [-0.3, -0.25) is 0 Å². The van der Waals surface area contributed by atoms with Gasteiger partial charge < -0.3 is 5.73 Å². The monoisotopic (exact) mass is 215 g/mol. The highest BCUT2D eigenvalue weighted by molar-refractivity contribution is 6.11. The second-order valence-electron chi connectivity index (χ2n) is 3.86. The van der Waals surface area contributed by atoms with Gasteiger partial charge in [-0.1, -0.05) is 36.4 Å². The maximum atomic E-state index is 5.59. The molecule has 1 aliphatic carbocycles. The first-order valence-corrected chi connectivity index (χ1v) is 6.94. The largest absolute Gasteiger partial charge is 0.326 e. The number of benzene rings is 1. The lowest BCUT2D eigenvalue weighted by molar-refractivity contribution is 1.07. The van der Waals surface area contributed by atoms with Crippen LogP contribution in [-0.2, 0) is 6.54 Å². The summed E-state index contributed by atoms with van der Waals surface area (Å²) >= 11 is 0. The smallest absolute Gasteiger partial charge is 0.0178 e. The number of nitrogens with two attached hydrogens (primary N) is 1. The van der Waals surface area contributed by atoms with E-state index in [4.69, 9.17) is 5.73 Å². The van der Waals surface area contributed by atoms with Gasteiger partial charge in [0.2, 0.25) is 0 Å². The second kappa shape index (κ2) is 4.60. The molecular formula is C13H17NSi. The first-order chi connectivity index (χ1) is 7.35. The molecule has 0 atom stereocenters. The summed E-state index contributed by atoms with van der Waals surface area (Å²) < 4.78 is 0. The molecule has 2 heteroatoms. The van der Waals surface area contributed by atoms with E-state index in [1.165, 1.54) is 38.6 Å². The summed E-state index contributed by atoms with van der Waals surface area (Å²) in [5, 5.41) is 0. The molecule has 1 aromatic rings. The maximum absolute atomic E-state index is 5.59. The van der Waals surface area contributed by atoms with Crippen LogP contribution in [0.25, 0.3) is 5.57 Å². The van der Waals surface area contributed by atoms with Crippen LogP contribution >= 0.6 is 0 Å². The molecule has 1 aliphatic rings. The average Bonchev–Trinajstić information content (AvgIpc) is 2.77. The predicted octanol–water partition coefficient (Wildman–Crippen LogP) is 1.64. The molecule has 15 heavy (non-hydrogen) atoms. The molecule has 1 aromatic carbocycles. The Morgan fingerprint density at radius 2 is 1.93 bits per heavy atom. The number of rotatable bonds is 3. The fourth-order valence-electron chi connectivity index (χ4n) is 2.03. The van der Waals surface area contributed by atoms with Crippen LogP contribution in [0.4, 0.5) is 0 Å². The van der Waals surface area contributed by atoms with Crippen LogP contribution in [0.3, 0.4) is 0 Å². The number of hydrogen-bond donors (Lipinski definition) is 1. The van der Waals surface area contributed by atoms with Crippen molar-refractivity contribution in [3.63, 3.8) is 0 Å². The van der Waals surface area contributed by atoms with Crippen molar-refractivity contribution in [1.29, 1.82) is 0 Å². The molecule has 0 aliphatic heterocycles. The molecule has 2 N–H and O–H groups in total. The first-order valence-electron chi connectivity index (χ1n) is 5.53. The van der Waals surface area contributed by atoms with E-state index >= 15 is 0 Å². The molecule has 0 fully saturated rings. The van der Waals surface area contributed by atoms with Gasteiger partial charge in [0, 0.05) is 16.8 Å². The Labute approximate surface area is 94.1 Å². The molecule has 0 radical (unpaired) electrons. The van der Waals surface area contributed by atoms with Gasteiger partial charge in [0.1, 0.15) is 0 Å². The first kappa shape index (κ1) is 10.4. The van der Waals surface area contributed by atoms with Crippen LogP contribution < -0.4 is 5.73 Å². The molecule has 0 aromatic heterocycles. The van der Waals surface area contributed by atoms with Crippen LogP contribution in [0, 0.1) is 0 Å². The molecule has 0 saturated heterocycles. The maximum Gasteiger partial charge on any atom is 0.0178 e. The summed E-state index contributed by atoms with van der Waals surface area (Å²) in [7, 11) is 1.24. The zero-order chi connectivity index (χ0) is 10.7. The summed E-state index contributed by atoms with van der Waals surface area (Å²) in [4.78, 5) is 0. The van der Waals surface area contributed by atoms with Gasteiger partial charge in [-0.15, -0.1) is 0 Å². The average molecular weight is 215 g/mol. The fourth-order valence-corrected chi connectivity index (χ4v) is 2.69. The summed E-state index contributed by atoms with van der Waals surface area (Å²) in [5.74, 6) is 0. The van der Waals surface area contributed by atoms with Crippen molar-refractivity contribution < 1.29 is 0 Å². The minimum atomic E-state index is 0.630. The summed E-state index contributed by atoms with van der Waals surface area (Å²) in [6.07, 6.45) is 5.64. The molecule has 0 heterocycles. The van der Waals surface area contributed by atoms with Crippen LogP contribution in [0.5, 0.6) is 0 Å². The Bertz CT molecular complexity index is 401. The van der Waals surface area contributed by atoms with Gasteiger partial charge in [-0.2, -0.15) is 0 Å². The Hall–Kier alpha value is -1.12. The van der Waals surface area contributed by atoms with Crippen LogP contribution in [-0.4, -0.2) is 10.2 Å². The van der Waals surface area contributed by atoms with Crippen molar-refractivity contribution in [1.82, 2.24) is 0 Å². The lowest BCUT2D eigenvalue weighted by Crippen LogP contribution is -1.96. The molecule has 2 rings (SSSR count). The zero-order valence-corrected chi connectivity index (χ0v) is 11.2. The van der Waals surface area contributed by atoms with Crippen molar-refractivity contribution in [3.8, 4) is 0 Å². The molecule has 0 amide bonds. The Kier molecular flexibility index (Phi) is 3.19. The van der Waals surface area contributed by atoms with Gasteiger partial charge >= 0.3 is 0 Å². The standard InChI is InChI=1S/C13H17NSi/c14-8-10-4-6-11(7-5-10)13-3-1-2-12(13)9-15/h1-2,4-7H,3,8-9,14H2,15H3. The van der Waals surface area contributed by atoms with Crippen LogP contribution in [0.1, 0.15) is 17.5 Å². The third kappa shape index (κ3) is 2.11. The minimum Gasteiger partial charge on any atom is -0.326 e. The third-order valence-electron chi connectivity index (χ3n) is 2.95. The van der Waals surface area contributed by atoms with Gasteiger partial charge in [-0.25, -0.2) is 0 Å². The normalized spacial score (nSPS) is 15.3. The van der Waals surface area contributed by atoms with E-state index in [2.05, 4.69) is 36.4 Å². The van der Waals surface area contributed by atoms with E-state index in [-0.39, 0.29) is 0 Å². The van der Waals surface area contributed by atoms with Gasteiger partial charge in [-0.05, 0) is 34.7 Å². The Morgan fingerprint density at radius 1 is 1.20 bits per heavy atom. The second-order valence-corrected chi connectivity index (χ2v) is 4.57. The van der Waals surface area contributed by atoms with E-state index in [1.54, 1.807) is 0 Å². The molecule has 0 unspecified atom stereocenters. The molecule has 0 spiro atoms. The Morgan fingerprint density at radius 3 is 2.53 bits per heavy atom. The van der Waals surface area contributed by atoms with Crippen molar-refractivity contribution in [2.75, 3.05) is 0 Å². The highest BCUT2D eigenvalue weighted by Gasteiger charge is 2.09.